The van der Waals surface area contributed by atoms with Gasteiger partial charge in [-0.2, -0.15) is 0 Å². The van der Waals surface area contributed by atoms with Crippen molar-refractivity contribution in [2.75, 3.05) is 5.32 Å². The van der Waals surface area contributed by atoms with Crippen LogP contribution in [0.5, 0.6) is 0 Å². The van der Waals surface area contributed by atoms with Crippen LogP contribution in [0.15, 0.2) is 23.1 Å². The molecule has 0 saturated heterocycles. The van der Waals surface area contributed by atoms with Crippen molar-refractivity contribution in [2.24, 2.45) is 17.3 Å². The molecule has 6 rings (SSSR count). The van der Waals surface area contributed by atoms with Crippen molar-refractivity contribution in [1.82, 2.24) is 9.29 Å². The van der Waals surface area contributed by atoms with Crippen molar-refractivity contribution in [1.29, 1.82) is 0 Å². The SMILES string of the molecule is O=C(Nc1ccc(F)c(F)c1)c1c(Cl)c(SNC2C3CCC34CCC24)c2n1CCC2. The zero-order chi connectivity index (χ0) is 20.6. The Morgan fingerprint density at radius 2 is 1.97 bits per heavy atom. The summed E-state index contributed by atoms with van der Waals surface area (Å²) >= 11 is 8.26. The molecule has 2 atom stereocenters. The fraction of sp³-hybridized carbons (Fsp3) is 0.500. The third-order valence-electron chi connectivity index (χ3n) is 7.94. The number of nitrogens with one attached hydrogen (secondary N) is 2. The lowest BCUT2D eigenvalue weighted by molar-refractivity contribution is -0.235. The lowest BCUT2D eigenvalue weighted by Crippen LogP contribution is -2.74. The topological polar surface area (TPSA) is 46.1 Å². The predicted molar refractivity (Wildman–Crippen MR) is 113 cm³/mol. The van der Waals surface area contributed by atoms with Gasteiger partial charge in [0.05, 0.1) is 9.92 Å². The molecule has 2 aromatic rings. The highest BCUT2D eigenvalue weighted by Crippen LogP contribution is 2.74. The van der Waals surface area contributed by atoms with Gasteiger partial charge in [-0.25, -0.2) is 8.78 Å². The molecule has 3 fully saturated rings. The van der Waals surface area contributed by atoms with E-state index in [4.69, 9.17) is 11.6 Å². The second-order valence-corrected chi connectivity index (χ2v) is 10.3. The second kappa shape index (κ2) is 6.71. The molecule has 2 heterocycles. The number of carbonyl (C=O) groups excluding carboxylic acids is 1. The smallest absolute Gasteiger partial charge is 0.273 e. The van der Waals surface area contributed by atoms with Crippen LogP contribution in [0, 0.1) is 28.9 Å². The van der Waals surface area contributed by atoms with Crippen molar-refractivity contribution in [3.05, 3.63) is 46.2 Å². The van der Waals surface area contributed by atoms with Gasteiger partial charge in [0, 0.05) is 30.0 Å². The van der Waals surface area contributed by atoms with Crippen LogP contribution in [-0.2, 0) is 13.0 Å². The molecule has 0 bridgehead atoms. The van der Waals surface area contributed by atoms with Crippen LogP contribution in [0.1, 0.15) is 48.3 Å². The molecule has 4 aliphatic rings. The molecule has 1 aliphatic heterocycles. The highest BCUT2D eigenvalue weighted by Gasteiger charge is 2.70. The predicted octanol–water partition coefficient (Wildman–Crippen LogP) is 5.40. The van der Waals surface area contributed by atoms with Crippen LogP contribution in [0.4, 0.5) is 14.5 Å². The van der Waals surface area contributed by atoms with E-state index in [-0.39, 0.29) is 5.69 Å². The molecule has 1 amide bonds. The maximum Gasteiger partial charge on any atom is 0.273 e. The number of halogens is 3. The minimum Gasteiger partial charge on any atom is -0.338 e. The van der Waals surface area contributed by atoms with Crippen molar-refractivity contribution in [3.8, 4) is 0 Å². The molecule has 2 unspecified atom stereocenters. The van der Waals surface area contributed by atoms with Gasteiger partial charge in [-0.3, -0.25) is 9.52 Å². The van der Waals surface area contributed by atoms with Gasteiger partial charge < -0.3 is 9.88 Å². The lowest BCUT2D eigenvalue weighted by Gasteiger charge is -2.75. The summed E-state index contributed by atoms with van der Waals surface area (Å²) in [6.07, 6.45) is 7.26. The van der Waals surface area contributed by atoms with Gasteiger partial charge in [0.25, 0.3) is 5.91 Å². The van der Waals surface area contributed by atoms with Crippen molar-refractivity contribution in [3.63, 3.8) is 0 Å². The van der Waals surface area contributed by atoms with Gasteiger partial charge in [-0.05, 0) is 79.9 Å². The minimum atomic E-state index is -0.997. The molecule has 2 N–H and O–H groups in total. The molecular formula is C22H22ClF2N3OS. The first kappa shape index (κ1) is 19.1. The number of anilines is 1. The Morgan fingerprint density at radius 1 is 1.20 bits per heavy atom. The van der Waals surface area contributed by atoms with Crippen LogP contribution in [-0.4, -0.2) is 16.5 Å². The lowest BCUT2D eigenvalue weighted by atomic mass is 9.32. The number of nitrogens with zero attached hydrogens (tertiary/aromatic N) is 1. The monoisotopic (exact) mass is 449 g/mol. The first-order chi connectivity index (χ1) is 14.5. The number of fused-ring (bicyclic) bond motifs is 1. The molecule has 3 aliphatic carbocycles. The average Bonchev–Trinajstić information content (AvgIpc) is 3.21. The Balaban J connectivity index is 1.23. The van der Waals surface area contributed by atoms with Gasteiger partial charge in [-0.1, -0.05) is 11.6 Å². The van der Waals surface area contributed by atoms with E-state index in [1.807, 2.05) is 4.57 Å². The molecule has 4 nitrogen and oxygen atoms in total. The van der Waals surface area contributed by atoms with Gasteiger partial charge in [-0.15, -0.1) is 0 Å². The highest BCUT2D eigenvalue weighted by atomic mass is 35.5. The molecule has 8 heteroatoms. The van der Waals surface area contributed by atoms with Crippen LogP contribution in [0.25, 0.3) is 0 Å². The fourth-order valence-electron chi connectivity index (χ4n) is 6.26. The Bertz CT molecular complexity index is 1050. The van der Waals surface area contributed by atoms with Crippen molar-refractivity contribution >= 4 is 35.1 Å². The van der Waals surface area contributed by atoms with E-state index < -0.39 is 17.5 Å². The number of hydrogen-bond donors (Lipinski definition) is 2. The summed E-state index contributed by atoms with van der Waals surface area (Å²) in [6.45, 7) is 0.730. The Hall–Kier alpha value is -1.57. The van der Waals surface area contributed by atoms with Gasteiger partial charge >= 0.3 is 0 Å². The summed E-state index contributed by atoms with van der Waals surface area (Å²) in [4.78, 5) is 13.9. The third-order valence-corrected chi connectivity index (χ3v) is 9.45. The molecule has 3 saturated carbocycles. The normalized spacial score (nSPS) is 30.4. The highest BCUT2D eigenvalue weighted by molar-refractivity contribution is 7.97. The van der Waals surface area contributed by atoms with Crippen LogP contribution in [0.2, 0.25) is 5.02 Å². The van der Waals surface area contributed by atoms with Crippen molar-refractivity contribution < 1.29 is 13.6 Å². The maximum atomic E-state index is 13.5. The number of amides is 1. The number of benzene rings is 1. The third kappa shape index (κ3) is 2.52. The van der Waals surface area contributed by atoms with Gasteiger partial charge in [0.2, 0.25) is 0 Å². The fourth-order valence-corrected chi connectivity index (χ4v) is 7.77. The summed E-state index contributed by atoms with van der Waals surface area (Å²) in [6, 6.07) is 3.87. The van der Waals surface area contributed by atoms with E-state index in [0.29, 0.717) is 22.2 Å². The Labute approximate surface area is 182 Å². The molecule has 1 aromatic carbocycles. The molecule has 1 spiro atoms. The molecule has 30 heavy (non-hydrogen) atoms. The van der Waals surface area contributed by atoms with Gasteiger partial charge in [0.1, 0.15) is 5.69 Å². The van der Waals surface area contributed by atoms with Crippen LogP contribution in [0.3, 0.4) is 0 Å². The van der Waals surface area contributed by atoms with Crippen LogP contribution >= 0.6 is 23.5 Å². The van der Waals surface area contributed by atoms with E-state index >= 15 is 0 Å². The number of rotatable bonds is 5. The molecule has 0 radical (unpaired) electrons. The zero-order valence-electron chi connectivity index (χ0n) is 16.3. The summed E-state index contributed by atoms with van der Waals surface area (Å²) in [7, 11) is 0. The first-order valence-corrected chi connectivity index (χ1v) is 11.8. The summed E-state index contributed by atoms with van der Waals surface area (Å²) in [5.74, 6) is -0.745. The molecular weight excluding hydrogens is 428 g/mol. The van der Waals surface area contributed by atoms with E-state index in [1.165, 1.54) is 31.7 Å². The van der Waals surface area contributed by atoms with E-state index in [9.17, 15) is 13.6 Å². The minimum absolute atomic E-state index is 0.205. The van der Waals surface area contributed by atoms with E-state index in [0.717, 1.165) is 53.9 Å². The van der Waals surface area contributed by atoms with E-state index in [1.54, 1.807) is 11.9 Å². The average molecular weight is 450 g/mol. The summed E-state index contributed by atoms with van der Waals surface area (Å²) in [5, 5.41) is 3.10. The Morgan fingerprint density at radius 3 is 2.63 bits per heavy atom. The van der Waals surface area contributed by atoms with Gasteiger partial charge in [0.15, 0.2) is 11.6 Å². The molecule has 1 aromatic heterocycles. The summed E-state index contributed by atoms with van der Waals surface area (Å²) < 4.78 is 32.3. The zero-order valence-corrected chi connectivity index (χ0v) is 17.9. The van der Waals surface area contributed by atoms with Crippen molar-refractivity contribution in [2.45, 2.75) is 56.0 Å². The number of carbonyl (C=O) groups is 1. The maximum absolute atomic E-state index is 13.5. The van der Waals surface area contributed by atoms with E-state index in [2.05, 4.69) is 10.0 Å². The molecule has 158 valence electrons. The summed E-state index contributed by atoms with van der Waals surface area (Å²) in [5.41, 5.74) is 2.34. The first-order valence-electron chi connectivity index (χ1n) is 10.6. The largest absolute Gasteiger partial charge is 0.338 e. The Kier molecular flexibility index (Phi) is 4.28. The standard InChI is InChI=1S/C22H22ClF2N3OS/c23-17-19(21(29)26-11-3-4-14(24)15(25)10-11)28-9-1-2-16(28)20(17)30-27-18-12-5-7-22(12)8-6-13(18)22/h3-4,10,12-13,18,27H,1-2,5-9H2,(H,26,29). The quantitative estimate of drug-likeness (QED) is 0.600. The second-order valence-electron chi connectivity index (χ2n) is 9.05. The number of aromatic nitrogens is 1. The van der Waals surface area contributed by atoms with Crippen LogP contribution < -0.4 is 10.0 Å². The number of hydrogen-bond acceptors (Lipinski definition) is 3.